The summed E-state index contributed by atoms with van der Waals surface area (Å²) >= 11 is 0. The molecule has 5 heteroatoms. The molecule has 1 N–H and O–H groups in total. The van der Waals surface area contributed by atoms with E-state index in [9.17, 15) is 8.42 Å². The van der Waals surface area contributed by atoms with Gasteiger partial charge < -0.3 is 5.11 Å². The van der Waals surface area contributed by atoms with Crippen LogP contribution in [0.4, 0.5) is 0 Å². The molecule has 1 aliphatic carbocycles. The first-order chi connectivity index (χ1) is 8.63. The maximum atomic E-state index is 12.1. The van der Waals surface area contributed by atoms with E-state index in [-0.39, 0.29) is 19.2 Å². The first-order valence-corrected chi connectivity index (χ1v) is 7.49. The molecule has 0 aromatic heterocycles. The fourth-order valence-corrected chi connectivity index (χ4v) is 3.23. The van der Waals surface area contributed by atoms with E-state index in [1.54, 1.807) is 6.08 Å². The molecule has 0 spiro atoms. The van der Waals surface area contributed by atoms with Gasteiger partial charge in [-0.05, 0) is 24.5 Å². The summed E-state index contributed by atoms with van der Waals surface area (Å²) in [6, 6.07) is 9.37. The fourth-order valence-electron chi connectivity index (χ4n) is 1.79. The summed E-state index contributed by atoms with van der Waals surface area (Å²) in [4.78, 5) is 0. The molecule has 0 unspecified atom stereocenters. The highest BCUT2D eigenvalue weighted by Crippen LogP contribution is 2.29. The van der Waals surface area contributed by atoms with Crippen molar-refractivity contribution in [2.75, 3.05) is 13.2 Å². The maximum absolute atomic E-state index is 12.1. The van der Waals surface area contributed by atoms with E-state index in [0.717, 1.165) is 18.4 Å². The Bertz CT molecular complexity index is 506. The molecule has 1 aromatic carbocycles. The van der Waals surface area contributed by atoms with Crippen LogP contribution >= 0.6 is 0 Å². The Balaban J connectivity index is 2.12. The van der Waals surface area contributed by atoms with Crippen LogP contribution in [-0.2, 0) is 10.0 Å². The van der Waals surface area contributed by atoms with Gasteiger partial charge in [-0.2, -0.15) is 4.31 Å². The number of hydrogen-bond donors (Lipinski definition) is 1. The second kappa shape index (κ2) is 5.65. The van der Waals surface area contributed by atoms with Gasteiger partial charge in [0.2, 0.25) is 10.0 Å². The van der Waals surface area contributed by atoms with Crippen molar-refractivity contribution in [3.8, 4) is 0 Å². The van der Waals surface area contributed by atoms with Gasteiger partial charge in [-0.25, -0.2) is 8.42 Å². The molecule has 1 saturated carbocycles. The Morgan fingerprint density at radius 3 is 2.50 bits per heavy atom. The van der Waals surface area contributed by atoms with E-state index in [1.165, 1.54) is 9.71 Å². The van der Waals surface area contributed by atoms with E-state index in [2.05, 4.69) is 0 Å². The van der Waals surface area contributed by atoms with Crippen LogP contribution in [0.15, 0.2) is 35.7 Å². The number of rotatable bonds is 6. The van der Waals surface area contributed by atoms with E-state index in [0.29, 0.717) is 0 Å². The Kier molecular flexibility index (Phi) is 4.16. The second-order valence-electron chi connectivity index (χ2n) is 4.32. The number of sulfonamides is 1. The fraction of sp³-hybridized carbons (Fsp3) is 0.385. The molecule has 0 aliphatic heterocycles. The normalized spacial score (nSPS) is 16.6. The smallest absolute Gasteiger partial charge is 0.236 e. The summed E-state index contributed by atoms with van der Waals surface area (Å²) in [6.07, 6.45) is 3.36. The Hall–Kier alpha value is -1.17. The molecule has 2 rings (SSSR count). The standard InChI is InChI=1S/C13H17NO3S/c15-10-9-14(13-6-7-13)18(16,17)11-8-12-4-2-1-3-5-12/h1-5,8,11,13,15H,6-7,9-10H2/b11-8+. The van der Waals surface area contributed by atoms with Crippen LogP contribution in [0.2, 0.25) is 0 Å². The third kappa shape index (κ3) is 3.41. The van der Waals surface area contributed by atoms with Crippen LogP contribution in [0.5, 0.6) is 0 Å². The third-order valence-electron chi connectivity index (χ3n) is 2.83. The zero-order valence-corrected chi connectivity index (χ0v) is 10.9. The van der Waals surface area contributed by atoms with E-state index < -0.39 is 10.0 Å². The van der Waals surface area contributed by atoms with E-state index >= 15 is 0 Å². The highest BCUT2D eigenvalue weighted by Gasteiger charge is 2.35. The number of nitrogens with zero attached hydrogens (tertiary/aromatic N) is 1. The third-order valence-corrected chi connectivity index (χ3v) is 4.45. The van der Waals surface area contributed by atoms with Gasteiger partial charge in [0.25, 0.3) is 0 Å². The summed E-state index contributed by atoms with van der Waals surface area (Å²) in [6.45, 7) is 0.0288. The first kappa shape index (κ1) is 13.3. The van der Waals surface area contributed by atoms with Gasteiger partial charge in [0.1, 0.15) is 0 Å². The number of aliphatic hydroxyl groups excluding tert-OH is 1. The van der Waals surface area contributed by atoms with E-state index in [4.69, 9.17) is 5.11 Å². The molecule has 98 valence electrons. The van der Waals surface area contributed by atoms with Crippen molar-refractivity contribution < 1.29 is 13.5 Å². The number of aliphatic hydroxyl groups is 1. The summed E-state index contributed by atoms with van der Waals surface area (Å²) in [5, 5.41) is 10.2. The molecule has 1 fully saturated rings. The van der Waals surface area contributed by atoms with E-state index in [1.807, 2.05) is 30.3 Å². The average molecular weight is 267 g/mol. The van der Waals surface area contributed by atoms with Crippen molar-refractivity contribution in [1.82, 2.24) is 4.31 Å². The summed E-state index contributed by atoms with van der Waals surface area (Å²) in [7, 11) is -3.43. The molecule has 0 bridgehead atoms. The quantitative estimate of drug-likeness (QED) is 0.848. The minimum absolute atomic E-state index is 0.0718. The van der Waals surface area contributed by atoms with Gasteiger partial charge >= 0.3 is 0 Å². The molecule has 0 amide bonds. The van der Waals surface area contributed by atoms with Crippen molar-refractivity contribution in [2.45, 2.75) is 18.9 Å². The van der Waals surface area contributed by atoms with Gasteiger partial charge in [-0.1, -0.05) is 30.3 Å². The van der Waals surface area contributed by atoms with Crippen molar-refractivity contribution in [3.05, 3.63) is 41.3 Å². The average Bonchev–Trinajstić information content (AvgIpc) is 3.19. The second-order valence-corrected chi connectivity index (χ2v) is 6.10. The molecule has 4 nitrogen and oxygen atoms in total. The van der Waals surface area contributed by atoms with Crippen molar-refractivity contribution in [3.63, 3.8) is 0 Å². The van der Waals surface area contributed by atoms with Crippen molar-refractivity contribution in [1.29, 1.82) is 0 Å². The SMILES string of the molecule is O=S(=O)(/C=C/c1ccccc1)N(CCO)C1CC1. The van der Waals surface area contributed by atoms with Gasteiger partial charge in [0, 0.05) is 18.0 Å². The molecular formula is C13H17NO3S. The van der Waals surface area contributed by atoms with Gasteiger partial charge in [-0.3, -0.25) is 0 Å². The number of benzene rings is 1. The monoisotopic (exact) mass is 267 g/mol. The molecular weight excluding hydrogens is 250 g/mol. The molecule has 0 atom stereocenters. The Morgan fingerprint density at radius 2 is 1.94 bits per heavy atom. The van der Waals surface area contributed by atoms with Crippen LogP contribution in [0, 0.1) is 0 Å². The van der Waals surface area contributed by atoms with Crippen molar-refractivity contribution in [2.24, 2.45) is 0 Å². The van der Waals surface area contributed by atoms with Gasteiger partial charge in [0.05, 0.1) is 6.61 Å². The van der Waals surface area contributed by atoms with Gasteiger partial charge in [0.15, 0.2) is 0 Å². The van der Waals surface area contributed by atoms with Crippen LogP contribution in [-0.4, -0.2) is 37.0 Å². The largest absolute Gasteiger partial charge is 0.395 e. The Labute approximate surface area is 108 Å². The zero-order valence-electron chi connectivity index (χ0n) is 10.1. The highest BCUT2D eigenvalue weighted by molar-refractivity contribution is 7.92. The van der Waals surface area contributed by atoms with Crippen LogP contribution in [0.1, 0.15) is 18.4 Å². The molecule has 18 heavy (non-hydrogen) atoms. The minimum Gasteiger partial charge on any atom is -0.395 e. The topological polar surface area (TPSA) is 57.6 Å². The summed E-state index contributed by atoms with van der Waals surface area (Å²) < 4.78 is 25.6. The predicted octanol–water partition coefficient (Wildman–Crippen LogP) is 1.44. The molecule has 1 aromatic rings. The maximum Gasteiger partial charge on any atom is 0.236 e. The molecule has 0 heterocycles. The first-order valence-electron chi connectivity index (χ1n) is 5.99. The predicted molar refractivity (Wildman–Crippen MR) is 71.2 cm³/mol. The molecule has 0 saturated heterocycles. The lowest BCUT2D eigenvalue weighted by Gasteiger charge is -2.18. The minimum atomic E-state index is -3.43. The molecule has 0 radical (unpaired) electrons. The lowest BCUT2D eigenvalue weighted by molar-refractivity contribution is 0.251. The summed E-state index contributed by atoms with van der Waals surface area (Å²) in [5.41, 5.74) is 0.848. The van der Waals surface area contributed by atoms with Crippen LogP contribution in [0.25, 0.3) is 6.08 Å². The van der Waals surface area contributed by atoms with Crippen LogP contribution < -0.4 is 0 Å². The summed E-state index contributed by atoms with van der Waals surface area (Å²) in [5.74, 6) is 0. The zero-order chi connectivity index (χ0) is 13.0. The Morgan fingerprint density at radius 1 is 1.28 bits per heavy atom. The van der Waals surface area contributed by atoms with Crippen LogP contribution in [0.3, 0.4) is 0 Å². The van der Waals surface area contributed by atoms with Gasteiger partial charge in [-0.15, -0.1) is 0 Å². The van der Waals surface area contributed by atoms with Crippen molar-refractivity contribution >= 4 is 16.1 Å². The number of hydrogen-bond acceptors (Lipinski definition) is 3. The lowest BCUT2D eigenvalue weighted by Crippen LogP contribution is -2.34. The lowest BCUT2D eigenvalue weighted by atomic mass is 10.2. The molecule has 1 aliphatic rings. The highest BCUT2D eigenvalue weighted by atomic mass is 32.2.